The third-order valence-corrected chi connectivity index (χ3v) is 3.55. The Labute approximate surface area is 130 Å². The number of nitrogens with zero attached hydrogens (tertiary/aromatic N) is 1. The zero-order chi connectivity index (χ0) is 15.9. The second kappa shape index (κ2) is 7.55. The Kier molecular flexibility index (Phi) is 5.48. The lowest BCUT2D eigenvalue weighted by Crippen LogP contribution is -2.30. The molecule has 0 fully saturated rings. The fourth-order valence-electron chi connectivity index (χ4n) is 2.20. The Morgan fingerprint density at radius 3 is 1.82 bits per heavy atom. The first-order valence-corrected chi connectivity index (χ1v) is 7.47. The normalized spacial score (nSPS) is 10.9. The van der Waals surface area contributed by atoms with Gasteiger partial charge in [-0.2, -0.15) is 0 Å². The van der Waals surface area contributed by atoms with Crippen LogP contribution in [0.2, 0.25) is 0 Å². The molecule has 0 bridgehead atoms. The van der Waals surface area contributed by atoms with Gasteiger partial charge < -0.3 is 4.90 Å². The molecule has 2 nitrogen and oxygen atoms in total. The van der Waals surface area contributed by atoms with Crippen molar-refractivity contribution in [3.05, 3.63) is 71.0 Å². The molecule has 1 amide bonds. The minimum absolute atomic E-state index is 0.0547. The maximum atomic E-state index is 12.8. The van der Waals surface area contributed by atoms with Crippen LogP contribution in [0.25, 0.3) is 12.2 Å². The van der Waals surface area contributed by atoms with Gasteiger partial charge in [0.1, 0.15) is 5.82 Å². The van der Waals surface area contributed by atoms with Gasteiger partial charge in [0.25, 0.3) is 5.91 Å². The van der Waals surface area contributed by atoms with Gasteiger partial charge in [-0.1, -0.05) is 36.4 Å². The summed E-state index contributed by atoms with van der Waals surface area (Å²) < 4.78 is 12.8. The lowest BCUT2D eigenvalue weighted by molar-refractivity contribution is 0.0773. The molecule has 0 saturated heterocycles. The third kappa shape index (κ3) is 4.04. The van der Waals surface area contributed by atoms with Crippen LogP contribution < -0.4 is 0 Å². The van der Waals surface area contributed by atoms with E-state index in [4.69, 9.17) is 0 Å². The van der Waals surface area contributed by atoms with Crippen molar-refractivity contribution < 1.29 is 9.18 Å². The van der Waals surface area contributed by atoms with Crippen molar-refractivity contribution >= 4 is 18.1 Å². The molecule has 114 valence electrons. The van der Waals surface area contributed by atoms with Crippen LogP contribution in [-0.4, -0.2) is 23.9 Å². The zero-order valence-electron chi connectivity index (χ0n) is 12.9. The van der Waals surface area contributed by atoms with Gasteiger partial charge in [-0.3, -0.25) is 4.79 Å². The topological polar surface area (TPSA) is 20.3 Å². The largest absolute Gasteiger partial charge is 0.339 e. The molecule has 0 saturated carbocycles. The van der Waals surface area contributed by atoms with E-state index < -0.39 is 0 Å². The minimum atomic E-state index is -0.239. The predicted molar refractivity (Wildman–Crippen MR) is 89.0 cm³/mol. The van der Waals surface area contributed by atoms with E-state index in [1.54, 1.807) is 17.0 Å². The van der Waals surface area contributed by atoms with Gasteiger partial charge >= 0.3 is 0 Å². The van der Waals surface area contributed by atoms with E-state index in [2.05, 4.69) is 0 Å². The molecule has 0 aliphatic carbocycles. The minimum Gasteiger partial charge on any atom is -0.339 e. The smallest absolute Gasteiger partial charge is 0.253 e. The van der Waals surface area contributed by atoms with Crippen LogP contribution in [0, 0.1) is 5.82 Å². The molecular formula is C19H20FNO. The number of halogens is 1. The highest BCUT2D eigenvalue weighted by molar-refractivity contribution is 5.94. The summed E-state index contributed by atoms with van der Waals surface area (Å²) in [4.78, 5) is 14.0. The first-order valence-electron chi connectivity index (χ1n) is 7.47. The first kappa shape index (κ1) is 16.0. The van der Waals surface area contributed by atoms with Crippen LogP contribution >= 0.6 is 0 Å². The van der Waals surface area contributed by atoms with Gasteiger partial charge in [0.15, 0.2) is 0 Å². The van der Waals surface area contributed by atoms with Crippen molar-refractivity contribution in [1.82, 2.24) is 4.90 Å². The van der Waals surface area contributed by atoms with E-state index in [1.165, 1.54) is 12.1 Å². The molecule has 3 heteroatoms. The molecule has 0 spiro atoms. The Morgan fingerprint density at radius 1 is 0.909 bits per heavy atom. The number of carbonyl (C=O) groups excluding carboxylic acids is 1. The summed E-state index contributed by atoms with van der Waals surface area (Å²) in [7, 11) is 0. The molecule has 0 heterocycles. The molecule has 22 heavy (non-hydrogen) atoms. The molecule has 2 rings (SSSR count). The molecule has 0 aliphatic heterocycles. The number of amides is 1. The summed E-state index contributed by atoms with van der Waals surface area (Å²) in [5, 5.41) is 0. The SMILES string of the molecule is CCN(CC)C(=O)c1ccc(/C=C\c2ccc(F)cc2)cc1. The van der Waals surface area contributed by atoms with Crippen LogP contribution in [0.5, 0.6) is 0 Å². The summed E-state index contributed by atoms with van der Waals surface area (Å²) in [6.07, 6.45) is 3.86. The number of rotatable bonds is 5. The molecule has 0 radical (unpaired) electrons. The van der Waals surface area contributed by atoms with Crippen molar-refractivity contribution in [3.8, 4) is 0 Å². The molecule has 0 aliphatic rings. The average Bonchev–Trinajstić information content (AvgIpc) is 2.56. The highest BCUT2D eigenvalue weighted by atomic mass is 19.1. The number of hydrogen-bond donors (Lipinski definition) is 0. The van der Waals surface area contributed by atoms with Gasteiger partial charge in [-0.25, -0.2) is 4.39 Å². The molecule has 2 aromatic carbocycles. The van der Waals surface area contributed by atoms with Crippen LogP contribution in [0.1, 0.15) is 35.3 Å². The van der Waals surface area contributed by atoms with E-state index in [1.807, 2.05) is 50.3 Å². The zero-order valence-corrected chi connectivity index (χ0v) is 12.9. The van der Waals surface area contributed by atoms with Gasteiger partial charge in [-0.05, 0) is 49.2 Å². The van der Waals surface area contributed by atoms with Gasteiger partial charge in [-0.15, -0.1) is 0 Å². The van der Waals surface area contributed by atoms with E-state index in [-0.39, 0.29) is 11.7 Å². The van der Waals surface area contributed by atoms with Gasteiger partial charge in [0, 0.05) is 18.7 Å². The molecule has 2 aromatic rings. The Bertz CT molecular complexity index is 640. The Morgan fingerprint density at radius 2 is 1.36 bits per heavy atom. The average molecular weight is 297 g/mol. The quantitative estimate of drug-likeness (QED) is 0.745. The van der Waals surface area contributed by atoms with Crippen molar-refractivity contribution in [2.75, 3.05) is 13.1 Å². The highest BCUT2D eigenvalue weighted by Gasteiger charge is 2.11. The molecule has 0 N–H and O–H groups in total. The van der Waals surface area contributed by atoms with E-state index in [0.717, 1.165) is 11.1 Å². The number of carbonyl (C=O) groups is 1. The maximum Gasteiger partial charge on any atom is 0.253 e. The molecule has 0 unspecified atom stereocenters. The second-order valence-corrected chi connectivity index (χ2v) is 4.98. The van der Waals surface area contributed by atoms with Gasteiger partial charge in [0.2, 0.25) is 0 Å². The summed E-state index contributed by atoms with van der Waals surface area (Å²) in [6.45, 7) is 5.37. The fraction of sp³-hybridized carbons (Fsp3) is 0.211. The fourth-order valence-corrected chi connectivity index (χ4v) is 2.20. The van der Waals surface area contributed by atoms with Crippen molar-refractivity contribution in [3.63, 3.8) is 0 Å². The Hall–Kier alpha value is -2.42. The van der Waals surface area contributed by atoms with Crippen molar-refractivity contribution in [1.29, 1.82) is 0 Å². The summed E-state index contributed by atoms with van der Waals surface area (Å²) >= 11 is 0. The Balaban J connectivity index is 2.08. The van der Waals surface area contributed by atoms with Crippen LogP contribution in [0.4, 0.5) is 4.39 Å². The molecular weight excluding hydrogens is 277 g/mol. The monoisotopic (exact) mass is 297 g/mol. The molecule has 0 atom stereocenters. The van der Waals surface area contributed by atoms with E-state index in [0.29, 0.717) is 18.7 Å². The molecule has 0 aromatic heterocycles. The van der Waals surface area contributed by atoms with Crippen LogP contribution in [0.15, 0.2) is 48.5 Å². The lowest BCUT2D eigenvalue weighted by Gasteiger charge is -2.18. The predicted octanol–water partition coefficient (Wildman–Crippen LogP) is 4.48. The summed E-state index contributed by atoms with van der Waals surface area (Å²) in [6, 6.07) is 13.8. The number of hydrogen-bond acceptors (Lipinski definition) is 1. The third-order valence-electron chi connectivity index (χ3n) is 3.55. The first-order chi connectivity index (χ1) is 10.6. The standard InChI is InChI=1S/C19H20FNO/c1-3-21(4-2)19(22)17-11-7-15(8-12-17)5-6-16-9-13-18(20)14-10-16/h5-14H,3-4H2,1-2H3/b6-5-. The van der Waals surface area contributed by atoms with Gasteiger partial charge in [0.05, 0.1) is 0 Å². The van der Waals surface area contributed by atoms with Crippen LogP contribution in [-0.2, 0) is 0 Å². The summed E-state index contributed by atoms with van der Waals surface area (Å²) in [5.41, 5.74) is 2.63. The maximum absolute atomic E-state index is 12.8. The van der Waals surface area contributed by atoms with Crippen LogP contribution in [0.3, 0.4) is 0 Å². The highest BCUT2D eigenvalue weighted by Crippen LogP contribution is 2.12. The van der Waals surface area contributed by atoms with Crippen molar-refractivity contribution in [2.24, 2.45) is 0 Å². The second-order valence-electron chi connectivity index (χ2n) is 4.98. The van der Waals surface area contributed by atoms with E-state index in [9.17, 15) is 9.18 Å². The van der Waals surface area contributed by atoms with E-state index >= 15 is 0 Å². The summed E-state index contributed by atoms with van der Waals surface area (Å²) in [5.74, 6) is -0.185. The lowest BCUT2D eigenvalue weighted by atomic mass is 10.1. The van der Waals surface area contributed by atoms with Crippen molar-refractivity contribution in [2.45, 2.75) is 13.8 Å². The number of benzene rings is 2.